The molecular formula is C14H23N5O3S. The predicted molar refractivity (Wildman–Crippen MR) is 83.3 cm³/mol. The standard InChI is InChI=1S/C14H23N5O3S/c15-3-1-2-14(12-16)13-17-4-6-18(7-5-17)23(20,21)19-8-10-22-11-9-19/h14H,1-2,4-11,13H2/t14-/m0/s1. The van der Waals surface area contributed by atoms with E-state index in [4.69, 9.17) is 15.3 Å². The van der Waals surface area contributed by atoms with Crippen molar-refractivity contribution in [1.29, 1.82) is 10.5 Å². The summed E-state index contributed by atoms with van der Waals surface area (Å²) in [5.74, 6) is -0.169. The topological polar surface area (TPSA) is 101 Å². The van der Waals surface area contributed by atoms with Crippen LogP contribution in [0.4, 0.5) is 0 Å². The predicted octanol–water partition coefficient (Wildman–Crippen LogP) is -0.375. The van der Waals surface area contributed by atoms with Crippen LogP contribution in [0.25, 0.3) is 0 Å². The summed E-state index contributed by atoms with van der Waals surface area (Å²) in [4.78, 5) is 2.11. The second-order valence-corrected chi connectivity index (χ2v) is 7.67. The van der Waals surface area contributed by atoms with Crippen LogP contribution in [0.1, 0.15) is 12.8 Å². The van der Waals surface area contributed by atoms with Gasteiger partial charge in [-0.25, -0.2) is 0 Å². The van der Waals surface area contributed by atoms with Gasteiger partial charge in [0.15, 0.2) is 0 Å². The van der Waals surface area contributed by atoms with Gasteiger partial charge in [-0.15, -0.1) is 0 Å². The molecule has 0 aromatic rings. The highest BCUT2D eigenvalue weighted by molar-refractivity contribution is 7.86. The minimum atomic E-state index is -3.40. The summed E-state index contributed by atoms with van der Waals surface area (Å²) < 4.78 is 33.3. The average molecular weight is 341 g/mol. The van der Waals surface area contributed by atoms with Crippen LogP contribution in [0.5, 0.6) is 0 Å². The van der Waals surface area contributed by atoms with Crippen molar-refractivity contribution in [3.63, 3.8) is 0 Å². The van der Waals surface area contributed by atoms with Gasteiger partial charge in [0, 0.05) is 52.2 Å². The largest absolute Gasteiger partial charge is 0.379 e. The number of nitriles is 2. The van der Waals surface area contributed by atoms with Crippen LogP contribution in [0.3, 0.4) is 0 Å². The number of piperazine rings is 1. The molecule has 23 heavy (non-hydrogen) atoms. The molecule has 0 unspecified atom stereocenters. The molecule has 8 nitrogen and oxygen atoms in total. The molecule has 0 aromatic heterocycles. The van der Waals surface area contributed by atoms with Crippen LogP contribution in [-0.2, 0) is 14.9 Å². The molecule has 0 bridgehead atoms. The van der Waals surface area contributed by atoms with Crippen molar-refractivity contribution in [2.45, 2.75) is 12.8 Å². The number of ether oxygens (including phenoxy) is 1. The number of hydrogen-bond donors (Lipinski definition) is 0. The first kappa shape index (κ1) is 18.1. The van der Waals surface area contributed by atoms with Crippen molar-refractivity contribution in [2.75, 3.05) is 59.0 Å². The Bertz CT molecular complexity index is 554. The van der Waals surface area contributed by atoms with Crippen LogP contribution < -0.4 is 0 Å². The smallest absolute Gasteiger partial charge is 0.282 e. The molecule has 2 aliphatic rings. The fourth-order valence-corrected chi connectivity index (χ4v) is 4.39. The van der Waals surface area contributed by atoms with E-state index in [0.29, 0.717) is 71.9 Å². The van der Waals surface area contributed by atoms with E-state index in [9.17, 15) is 8.42 Å². The van der Waals surface area contributed by atoms with E-state index < -0.39 is 10.2 Å². The second-order valence-electron chi connectivity index (χ2n) is 5.74. The second kappa shape index (κ2) is 8.57. The number of hydrogen-bond acceptors (Lipinski definition) is 6. The number of nitrogens with zero attached hydrogens (tertiary/aromatic N) is 5. The maximum absolute atomic E-state index is 12.6. The van der Waals surface area contributed by atoms with Gasteiger partial charge < -0.3 is 4.74 Å². The third-order valence-electron chi connectivity index (χ3n) is 4.22. The lowest BCUT2D eigenvalue weighted by molar-refractivity contribution is 0.0683. The Morgan fingerprint density at radius 1 is 1.00 bits per heavy atom. The highest BCUT2D eigenvalue weighted by Crippen LogP contribution is 2.15. The SMILES string of the molecule is N#CCC[C@@H](C#N)CN1CCN(S(=O)(=O)N2CCOCC2)CC1. The maximum atomic E-state index is 12.6. The highest BCUT2D eigenvalue weighted by atomic mass is 32.2. The Hall–Kier alpha value is -1.23. The Morgan fingerprint density at radius 2 is 1.61 bits per heavy atom. The van der Waals surface area contributed by atoms with Gasteiger partial charge in [0.05, 0.1) is 31.3 Å². The third-order valence-corrected chi connectivity index (χ3v) is 6.26. The molecule has 0 N–H and O–H groups in total. The van der Waals surface area contributed by atoms with Crippen LogP contribution in [0.15, 0.2) is 0 Å². The van der Waals surface area contributed by atoms with Crippen LogP contribution >= 0.6 is 0 Å². The maximum Gasteiger partial charge on any atom is 0.282 e. The molecule has 0 saturated carbocycles. The Balaban J connectivity index is 1.83. The van der Waals surface area contributed by atoms with E-state index >= 15 is 0 Å². The first-order valence-electron chi connectivity index (χ1n) is 7.90. The molecule has 2 fully saturated rings. The van der Waals surface area contributed by atoms with Crippen molar-refractivity contribution in [3.05, 3.63) is 0 Å². The van der Waals surface area contributed by atoms with Gasteiger partial charge in [-0.3, -0.25) is 4.90 Å². The number of rotatable bonds is 6. The molecule has 2 saturated heterocycles. The zero-order valence-corrected chi connectivity index (χ0v) is 14.0. The summed E-state index contributed by atoms with van der Waals surface area (Å²) in [5, 5.41) is 17.7. The molecule has 1 atom stereocenters. The van der Waals surface area contributed by atoms with Crippen molar-refractivity contribution in [2.24, 2.45) is 5.92 Å². The first-order valence-corrected chi connectivity index (χ1v) is 9.29. The molecule has 0 aliphatic carbocycles. The van der Waals surface area contributed by atoms with Crippen LogP contribution in [-0.4, -0.2) is 81.0 Å². The summed E-state index contributed by atoms with van der Waals surface area (Å²) in [6.07, 6.45) is 0.947. The van der Waals surface area contributed by atoms with E-state index in [2.05, 4.69) is 17.0 Å². The fraction of sp³-hybridized carbons (Fsp3) is 0.857. The summed E-state index contributed by atoms with van der Waals surface area (Å²) in [6.45, 7) is 4.43. The van der Waals surface area contributed by atoms with Crippen LogP contribution in [0.2, 0.25) is 0 Å². The van der Waals surface area contributed by atoms with Crippen molar-refractivity contribution in [3.8, 4) is 12.1 Å². The van der Waals surface area contributed by atoms with Gasteiger partial charge in [0.25, 0.3) is 10.2 Å². The van der Waals surface area contributed by atoms with Gasteiger partial charge in [-0.1, -0.05) is 0 Å². The van der Waals surface area contributed by atoms with E-state index in [-0.39, 0.29) is 5.92 Å². The highest BCUT2D eigenvalue weighted by Gasteiger charge is 2.33. The minimum absolute atomic E-state index is 0.169. The Labute approximate surface area is 138 Å². The van der Waals surface area contributed by atoms with Crippen molar-refractivity contribution in [1.82, 2.24) is 13.5 Å². The molecule has 2 aliphatic heterocycles. The summed E-state index contributed by atoms with van der Waals surface area (Å²) >= 11 is 0. The van der Waals surface area contributed by atoms with Crippen LogP contribution in [0, 0.1) is 28.6 Å². The molecule has 0 radical (unpaired) electrons. The van der Waals surface area contributed by atoms with E-state index in [0.717, 1.165) is 0 Å². The molecule has 0 aromatic carbocycles. The molecule has 2 heterocycles. The molecule has 128 valence electrons. The Kier molecular flexibility index (Phi) is 6.75. The summed E-state index contributed by atoms with van der Waals surface area (Å²) in [6, 6.07) is 4.29. The Morgan fingerprint density at radius 3 is 2.17 bits per heavy atom. The fourth-order valence-electron chi connectivity index (χ4n) is 2.83. The van der Waals surface area contributed by atoms with Gasteiger partial charge in [-0.05, 0) is 6.42 Å². The van der Waals surface area contributed by atoms with Gasteiger partial charge >= 0.3 is 0 Å². The zero-order chi connectivity index (χ0) is 16.7. The first-order chi connectivity index (χ1) is 11.1. The molecule has 0 amide bonds. The quantitative estimate of drug-likeness (QED) is 0.653. The molecular weight excluding hydrogens is 318 g/mol. The zero-order valence-electron chi connectivity index (χ0n) is 13.2. The van der Waals surface area contributed by atoms with E-state index in [1.165, 1.54) is 8.61 Å². The number of morpholine rings is 1. The van der Waals surface area contributed by atoms with E-state index in [1.54, 1.807) is 0 Å². The minimum Gasteiger partial charge on any atom is -0.379 e. The summed E-state index contributed by atoms with van der Waals surface area (Å²) in [5.41, 5.74) is 0. The lowest BCUT2D eigenvalue weighted by Crippen LogP contribution is -2.55. The third kappa shape index (κ3) is 4.87. The van der Waals surface area contributed by atoms with Crippen molar-refractivity contribution >= 4 is 10.2 Å². The van der Waals surface area contributed by atoms with Gasteiger partial charge in [0.2, 0.25) is 0 Å². The lowest BCUT2D eigenvalue weighted by atomic mass is 10.0. The molecule has 9 heteroatoms. The average Bonchev–Trinajstić information content (AvgIpc) is 2.59. The monoisotopic (exact) mass is 341 g/mol. The lowest BCUT2D eigenvalue weighted by Gasteiger charge is -2.38. The van der Waals surface area contributed by atoms with E-state index in [1.807, 2.05) is 0 Å². The summed E-state index contributed by atoms with van der Waals surface area (Å²) in [7, 11) is -3.40. The van der Waals surface area contributed by atoms with Crippen molar-refractivity contribution < 1.29 is 13.2 Å². The molecule has 2 rings (SSSR count). The van der Waals surface area contributed by atoms with Gasteiger partial charge in [0.1, 0.15) is 0 Å². The normalized spacial score (nSPS) is 23.0. The van der Waals surface area contributed by atoms with Gasteiger partial charge in [-0.2, -0.15) is 27.6 Å². The molecule has 0 spiro atoms.